The maximum Gasteiger partial charge on any atom is 0.267 e. The number of anilines is 2. The summed E-state index contributed by atoms with van der Waals surface area (Å²) in [5.74, 6) is 0.374. The molecule has 0 saturated carbocycles. The van der Waals surface area contributed by atoms with Crippen molar-refractivity contribution >= 4 is 40.1 Å². The molecule has 2 aromatic heterocycles. The molecule has 0 bridgehead atoms. The smallest absolute Gasteiger partial charge is 0.267 e. The highest BCUT2D eigenvalue weighted by atomic mass is 35.5. The molecule has 9 heteroatoms. The third kappa shape index (κ3) is 4.29. The number of carbonyl (C=O) groups is 1. The Bertz CT molecular complexity index is 1400. The monoisotopic (exact) mass is 462 g/mol. The average molecular weight is 463 g/mol. The first kappa shape index (κ1) is 22.4. The van der Waals surface area contributed by atoms with Crippen LogP contribution < -0.4 is 16.6 Å². The van der Waals surface area contributed by atoms with E-state index in [-0.39, 0.29) is 29.0 Å². The SMILES string of the molecule is CC(C)C(=O)c1cnc(N)nc1NC(C)c1nc2cccc(Cl)c2c(=O)n1-c1ccccc1. The summed E-state index contributed by atoms with van der Waals surface area (Å²) in [7, 11) is 0. The van der Waals surface area contributed by atoms with Crippen LogP contribution in [0.4, 0.5) is 11.8 Å². The molecule has 4 aromatic rings. The highest BCUT2D eigenvalue weighted by molar-refractivity contribution is 6.35. The molecule has 0 saturated heterocycles. The highest BCUT2D eigenvalue weighted by Crippen LogP contribution is 2.26. The van der Waals surface area contributed by atoms with Crippen LogP contribution in [0.5, 0.6) is 0 Å². The number of nitrogens with one attached hydrogen (secondary N) is 1. The van der Waals surface area contributed by atoms with E-state index in [9.17, 15) is 9.59 Å². The van der Waals surface area contributed by atoms with Crippen LogP contribution >= 0.6 is 11.6 Å². The Hall–Kier alpha value is -3.78. The number of aromatic nitrogens is 4. The molecule has 0 radical (unpaired) electrons. The Morgan fingerprint density at radius 1 is 1.06 bits per heavy atom. The van der Waals surface area contributed by atoms with Crippen molar-refractivity contribution in [3.63, 3.8) is 0 Å². The van der Waals surface area contributed by atoms with E-state index in [4.69, 9.17) is 22.3 Å². The number of nitrogen functional groups attached to an aromatic ring is 1. The summed E-state index contributed by atoms with van der Waals surface area (Å²) in [6.07, 6.45) is 1.41. The Balaban J connectivity index is 1.90. The van der Waals surface area contributed by atoms with Crippen LogP contribution in [0.3, 0.4) is 0 Å². The highest BCUT2D eigenvalue weighted by Gasteiger charge is 2.23. The van der Waals surface area contributed by atoms with Gasteiger partial charge in [-0.2, -0.15) is 4.98 Å². The van der Waals surface area contributed by atoms with Gasteiger partial charge in [0.1, 0.15) is 11.6 Å². The molecule has 0 amide bonds. The van der Waals surface area contributed by atoms with Crippen LogP contribution in [0, 0.1) is 5.92 Å². The number of benzene rings is 2. The molecule has 0 aliphatic carbocycles. The minimum atomic E-state index is -0.519. The lowest BCUT2D eigenvalue weighted by Crippen LogP contribution is -2.28. The van der Waals surface area contributed by atoms with Gasteiger partial charge in [-0.05, 0) is 31.2 Å². The van der Waals surface area contributed by atoms with E-state index < -0.39 is 6.04 Å². The van der Waals surface area contributed by atoms with Gasteiger partial charge in [-0.1, -0.05) is 49.7 Å². The summed E-state index contributed by atoms with van der Waals surface area (Å²) < 4.78 is 1.51. The second-order valence-corrected chi connectivity index (χ2v) is 8.36. The van der Waals surface area contributed by atoms with E-state index in [1.807, 2.05) is 37.3 Å². The van der Waals surface area contributed by atoms with Crippen LogP contribution in [0.1, 0.15) is 43.0 Å². The van der Waals surface area contributed by atoms with Crippen molar-refractivity contribution in [1.82, 2.24) is 19.5 Å². The molecule has 4 rings (SSSR count). The van der Waals surface area contributed by atoms with Gasteiger partial charge in [-0.3, -0.25) is 14.2 Å². The van der Waals surface area contributed by atoms with Gasteiger partial charge in [0.15, 0.2) is 5.78 Å². The van der Waals surface area contributed by atoms with Gasteiger partial charge in [0.2, 0.25) is 5.95 Å². The maximum absolute atomic E-state index is 13.6. The Kier molecular flexibility index (Phi) is 6.11. The molecule has 0 spiro atoms. The van der Waals surface area contributed by atoms with Crippen molar-refractivity contribution in [3.8, 4) is 5.69 Å². The lowest BCUT2D eigenvalue weighted by molar-refractivity contribution is 0.0939. The lowest BCUT2D eigenvalue weighted by Gasteiger charge is -2.21. The van der Waals surface area contributed by atoms with Gasteiger partial charge in [0.05, 0.1) is 33.2 Å². The van der Waals surface area contributed by atoms with Crippen molar-refractivity contribution < 1.29 is 4.79 Å². The quantitative estimate of drug-likeness (QED) is 0.407. The molecule has 33 heavy (non-hydrogen) atoms. The van der Waals surface area contributed by atoms with Gasteiger partial charge in [0, 0.05) is 12.1 Å². The number of halogens is 1. The predicted octanol–water partition coefficient (Wildman–Crippen LogP) is 4.42. The zero-order chi connectivity index (χ0) is 23.7. The normalized spacial score (nSPS) is 12.2. The largest absolute Gasteiger partial charge is 0.368 e. The molecule has 1 atom stereocenters. The van der Waals surface area contributed by atoms with E-state index >= 15 is 0 Å². The lowest BCUT2D eigenvalue weighted by atomic mass is 10.0. The summed E-state index contributed by atoms with van der Waals surface area (Å²) in [6, 6.07) is 13.8. The number of hydrogen-bond acceptors (Lipinski definition) is 7. The first-order valence-electron chi connectivity index (χ1n) is 10.5. The van der Waals surface area contributed by atoms with E-state index in [0.717, 1.165) is 0 Å². The molecule has 2 heterocycles. The molecular weight excluding hydrogens is 440 g/mol. The third-order valence-electron chi connectivity index (χ3n) is 5.22. The second-order valence-electron chi connectivity index (χ2n) is 7.96. The van der Waals surface area contributed by atoms with E-state index in [1.165, 1.54) is 10.8 Å². The Morgan fingerprint density at radius 2 is 1.79 bits per heavy atom. The predicted molar refractivity (Wildman–Crippen MR) is 130 cm³/mol. The molecule has 2 aromatic carbocycles. The van der Waals surface area contributed by atoms with Gasteiger partial charge < -0.3 is 11.1 Å². The molecule has 8 nitrogen and oxygen atoms in total. The minimum Gasteiger partial charge on any atom is -0.368 e. The summed E-state index contributed by atoms with van der Waals surface area (Å²) in [5.41, 5.74) is 6.94. The van der Waals surface area contributed by atoms with Crippen molar-refractivity contribution in [1.29, 1.82) is 0 Å². The molecule has 3 N–H and O–H groups in total. The standard InChI is InChI=1S/C24H23ClN6O2/c1-13(2)20(32)16-12-27-24(26)30-21(16)28-14(3)22-29-18-11-7-10-17(25)19(18)23(33)31(22)15-8-5-4-6-9-15/h4-14H,1-3H3,(H3,26,27,28,30). The summed E-state index contributed by atoms with van der Waals surface area (Å²) in [5, 5.41) is 3.88. The molecule has 0 aliphatic rings. The minimum absolute atomic E-state index is 0.0312. The summed E-state index contributed by atoms with van der Waals surface area (Å²) in [4.78, 5) is 39.2. The van der Waals surface area contributed by atoms with E-state index in [0.29, 0.717) is 33.0 Å². The fraction of sp³-hybridized carbons (Fsp3) is 0.208. The summed E-state index contributed by atoms with van der Waals surface area (Å²) in [6.45, 7) is 5.43. The van der Waals surface area contributed by atoms with Crippen molar-refractivity contribution in [2.75, 3.05) is 11.1 Å². The first-order valence-corrected chi connectivity index (χ1v) is 10.9. The van der Waals surface area contributed by atoms with Crippen LogP contribution in [0.25, 0.3) is 16.6 Å². The number of nitrogens with two attached hydrogens (primary N) is 1. The van der Waals surface area contributed by atoms with Crippen molar-refractivity contribution in [3.05, 3.63) is 81.5 Å². The summed E-state index contributed by atoms with van der Waals surface area (Å²) >= 11 is 6.35. The number of para-hydroxylation sites is 1. The number of carbonyl (C=O) groups excluding carboxylic acids is 1. The third-order valence-corrected chi connectivity index (χ3v) is 5.54. The zero-order valence-electron chi connectivity index (χ0n) is 18.4. The van der Waals surface area contributed by atoms with Crippen LogP contribution in [0.2, 0.25) is 5.02 Å². The second kappa shape index (κ2) is 8.99. The molecule has 1 unspecified atom stereocenters. The topological polar surface area (TPSA) is 116 Å². The first-order chi connectivity index (χ1) is 15.8. The van der Waals surface area contributed by atoms with E-state index in [2.05, 4.69) is 15.3 Å². The zero-order valence-corrected chi connectivity index (χ0v) is 19.2. The Labute approximate surface area is 195 Å². The number of rotatable bonds is 6. The van der Waals surface area contributed by atoms with Crippen LogP contribution in [-0.4, -0.2) is 25.3 Å². The fourth-order valence-electron chi connectivity index (χ4n) is 3.59. The van der Waals surface area contributed by atoms with Crippen molar-refractivity contribution in [2.45, 2.75) is 26.8 Å². The van der Waals surface area contributed by atoms with Crippen molar-refractivity contribution in [2.24, 2.45) is 5.92 Å². The van der Waals surface area contributed by atoms with E-state index in [1.54, 1.807) is 32.0 Å². The fourth-order valence-corrected chi connectivity index (χ4v) is 3.84. The number of ketones is 1. The van der Waals surface area contributed by atoms with Gasteiger partial charge in [-0.15, -0.1) is 0 Å². The molecule has 168 valence electrons. The maximum atomic E-state index is 13.6. The number of Topliss-reactive ketones (excluding diaryl/α,β-unsaturated/α-hetero) is 1. The Morgan fingerprint density at radius 3 is 2.48 bits per heavy atom. The van der Waals surface area contributed by atoms with Gasteiger partial charge in [-0.25, -0.2) is 9.97 Å². The molecular formula is C24H23ClN6O2. The van der Waals surface area contributed by atoms with Gasteiger partial charge >= 0.3 is 0 Å². The van der Waals surface area contributed by atoms with Gasteiger partial charge in [0.25, 0.3) is 5.56 Å². The van der Waals surface area contributed by atoms with Crippen LogP contribution in [-0.2, 0) is 0 Å². The average Bonchev–Trinajstić information content (AvgIpc) is 2.79. The van der Waals surface area contributed by atoms with Crippen LogP contribution in [0.15, 0.2) is 59.5 Å². The number of nitrogens with zero attached hydrogens (tertiary/aromatic N) is 4. The molecule has 0 fully saturated rings. The number of hydrogen-bond donors (Lipinski definition) is 2. The number of fused-ring (bicyclic) bond motifs is 1. The molecule has 0 aliphatic heterocycles.